The first-order valence-corrected chi connectivity index (χ1v) is 8.66. The summed E-state index contributed by atoms with van der Waals surface area (Å²) in [6.45, 7) is 11.6. The van der Waals surface area contributed by atoms with Gasteiger partial charge in [0.1, 0.15) is 0 Å². The Hall–Kier alpha value is -0.910. The van der Waals surface area contributed by atoms with Gasteiger partial charge < -0.3 is 10.2 Å². The van der Waals surface area contributed by atoms with Crippen LogP contribution in [0.1, 0.15) is 27.9 Å². The second-order valence-corrected chi connectivity index (χ2v) is 8.00. The van der Waals surface area contributed by atoms with E-state index in [1.807, 2.05) is 17.0 Å². The molecule has 4 nitrogen and oxygen atoms in total. The van der Waals surface area contributed by atoms with Crippen molar-refractivity contribution in [1.29, 1.82) is 0 Å². The van der Waals surface area contributed by atoms with Crippen LogP contribution in [-0.2, 0) is 0 Å². The van der Waals surface area contributed by atoms with Crippen LogP contribution in [0, 0.1) is 12.3 Å². The third-order valence-electron chi connectivity index (χ3n) is 4.67. The monoisotopic (exact) mass is 307 g/mol. The summed E-state index contributed by atoms with van der Waals surface area (Å²) in [6.07, 6.45) is 1.26. The number of amides is 1. The Bertz CT molecular complexity index is 499. The molecule has 0 spiro atoms. The van der Waals surface area contributed by atoms with E-state index < -0.39 is 0 Å². The van der Waals surface area contributed by atoms with Crippen molar-refractivity contribution in [1.82, 2.24) is 15.1 Å². The maximum atomic E-state index is 12.4. The lowest BCUT2D eigenvalue weighted by Gasteiger charge is -2.38. The van der Waals surface area contributed by atoms with Crippen LogP contribution in [0.4, 0.5) is 0 Å². The van der Waals surface area contributed by atoms with Gasteiger partial charge in [0.2, 0.25) is 0 Å². The van der Waals surface area contributed by atoms with Gasteiger partial charge in [-0.2, -0.15) is 0 Å². The van der Waals surface area contributed by atoms with Gasteiger partial charge in [0.05, 0.1) is 4.88 Å². The van der Waals surface area contributed by atoms with Gasteiger partial charge >= 0.3 is 0 Å². The van der Waals surface area contributed by atoms with Crippen molar-refractivity contribution in [2.75, 3.05) is 45.8 Å². The molecule has 1 unspecified atom stereocenters. The van der Waals surface area contributed by atoms with E-state index in [0.29, 0.717) is 5.41 Å². The molecule has 0 radical (unpaired) electrons. The van der Waals surface area contributed by atoms with Crippen molar-refractivity contribution >= 4 is 17.2 Å². The van der Waals surface area contributed by atoms with Crippen molar-refractivity contribution in [2.24, 2.45) is 5.41 Å². The second-order valence-electron chi connectivity index (χ2n) is 6.72. The summed E-state index contributed by atoms with van der Waals surface area (Å²) in [5.74, 6) is 0.210. The molecule has 1 aromatic rings. The van der Waals surface area contributed by atoms with Gasteiger partial charge in [-0.25, -0.2) is 0 Å². The van der Waals surface area contributed by atoms with Gasteiger partial charge in [-0.15, -0.1) is 11.3 Å². The first-order valence-electron chi connectivity index (χ1n) is 7.85. The Balaban J connectivity index is 1.52. The first kappa shape index (κ1) is 15.0. The first-order chi connectivity index (χ1) is 10.1. The lowest BCUT2D eigenvalue weighted by Crippen LogP contribution is -2.51. The predicted octanol–water partition coefficient (Wildman–Crippen LogP) is 1.81. The maximum absolute atomic E-state index is 12.4. The molecule has 1 amide bonds. The Morgan fingerprint density at radius 1 is 1.33 bits per heavy atom. The minimum absolute atomic E-state index is 0.210. The highest BCUT2D eigenvalue weighted by Crippen LogP contribution is 2.26. The number of nitrogens with zero attached hydrogens (tertiary/aromatic N) is 2. The molecule has 3 heterocycles. The number of hydrogen-bond donors (Lipinski definition) is 1. The normalized spacial score (nSPS) is 27.2. The molecular weight excluding hydrogens is 282 g/mol. The highest BCUT2D eigenvalue weighted by Gasteiger charge is 2.32. The molecule has 1 atom stereocenters. The Morgan fingerprint density at radius 3 is 2.67 bits per heavy atom. The maximum Gasteiger partial charge on any atom is 0.264 e. The van der Waals surface area contributed by atoms with Crippen molar-refractivity contribution in [3.8, 4) is 0 Å². The van der Waals surface area contributed by atoms with Crippen LogP contribution in [0.15, 0.2) is 12.1 Å². The molecule has 1 N–H and O–H groups in total. The van der Waals surface area contributed by atoms with Gasteiger partial charge in [-0.3, -0.25) is 9.69 Å². The van der Waals surface area contributed by atoms with Gasteiger partial charge in [-0.05, 0) is 37.4 Å². The van der Waals surface area contributed by atoms with Gasteiger partial charge in [0, 0.05) is 44.1 Å². The minimum atomic E-state index is 0.210. The molecule has 2 saturated heterocycles. The molecule has 1 aromatic heterocycles. The molecule has 0 aromatic carbocycles. The lowest BCUT2D eigenvalue weighted by molar-refractivity contribution is 0.0586. The average Bonchev–Trinajstić information content (AvgIpc) is 3.08. The zero-order valence-electron chi connectivity index (χ0n) is 13.0. The smallest absolute Gasteiger partial charge is 0.264 e. The van der Waals surface area contributed by atoms with Crippen molar-refractivity contribution in [3.05, 3.63) is 21.9 Å². The van der Waals surface area contributed by atoms with Crippen LogP contribution in [0.2, 0.25) is 0 Å². The Labute approximate surface area is 131 Å². The van der Waals surface area contributed by atoms with Crippen molar-refractivity contribution in [3.63, 3.8) is 0 Å². The summed E-state index contributed by atoms with van der Waals surface area (Å²) in [5, 5.41) is 3.46. The summed E-state index contributed by atoms with van der Waals surface area (Å²) in [5.41, 5.74) is 0.414. The third kappa shape index (κ3) is 3.47. The number of carbonyl (C=O) groups excluding carboxylic acids is 1. The summed E-state index contributed by atoms with van der Waals surface area (Å²) in [6, 6.07) is 3.99. The highest BCUT2D eigenvalue weighted by molar-refractivity contribution is 7.13. The summed E-state index contributed by atoms with van der Waals surface area (Å²) in [4.78, 5) is 19.1. The number of rotatable bonds is 3. The van der Waals surface area contributed by atoms with Crippen LogP contribution < -0.4 is 5.32 Å². The topological polar surface area (TPSA) is 35.6 Å². The Morgan fingerprint density at radius 2 is 2.10 bits per heavy atom. The van der Waals surface area contributed by atoms with E-state index in [-0.39, 0.29) is 5.91 Å². The van der Waals surface area contributed by atoms with Crippen LogP contribution in [0.25, 0.3) is 0 Å². The molecular formula is C16H25N3OS. The standard InChI is InChI=1S/C16H25N3OS/c1-13-3-4-14(21-13)15(20)19-9-7-18(8-10-19)12-16(2)5-6-17-11-16/h3-4,17H,5-12H2,1-2H3. The van der Waals surface area contributed by atoms with Gasteiger partial charge in [-0.1, -0.05) is 6.92 Å². The van der Waals surface area contributed by atoms with Crippen molar-refractivity contribution in [2.45, 2.75) is 20.3 Å². The van der Waals surface area contributed by atoms with Crippen LogP contribution in [-0.4, -0.2) is 61.5 Å². The SMILES string of the molecule is Cc1ccc(C(=O)N2CCN(CC3(C)CCNC3)CC2)s1. The zero-order chi connectivity index (χ0) is 14.9. The average molecular weight is 307 g/mol. The number of thiophene rings is 1. The molecule has 2 aliphatic rings. The second kappa shape index (κ2) is 6.07. The number of aryl methyl sites for hydroxylation is 1. The quantitative estimate of drug-likeness (QED) is 0.925. The highest BCUT2D eigenvalue weighted by atomic mass is 32.1. The summed E-state index contributed by atoms with van der Waals surface area (Å²) < 4.78 is 0. The Kier molecular flexibility index (Phi) is 4.33. The van der Waals surface area contributed by atoms with Crippen LogP contribution >= 0.6 is 11.3 Å². The summed E-state index contributed by atoms with van der Waals surface area (Å²) >= 11 is 1.60. The third-order valence-corrected chi connectivity index (χ3v) is 5.66. The molecule has 0 aliphatic carbocycles. The zero-order valence-corrected chi connectivity index (χ0v) is 13.8. The molecule has 0 bridgehead atoms. The molecule has 3 rings (SSSR count). The lowest BCUT2D eigenvalue weighted by atomic mass is 9.89. The van der Waals surface area contributed by atoms with E-state index in [9.17, 15) is 4.79 Å². The number of nitrogens with one attached hydrogen (secondary N) is 1. The van der Waals surface area contributed by atoms with Gasteiger partial charge in [0.25, 0.3) is 5.91 Å². The molecule has 116 valence electrons. The fourth-order valence-electron chi connectivity index (χ4n) is 3.36. The fraction of sp³-hybridized carbons (Fsp3) is 0.688. The molecule has 21 heavy (non-hydrogen) atoms. The van der Waals surface area contributed by atoms with E-state index >= 15 is 0 Å². The molecule has 5 heteroatoms. The molecule has 2 aliphatic heterocycles. The van der Waals surface area contributed by atoms with E-state index in [0.717, 1.165) is 50.7 Å². The fourth-order valence-corrected chi connectivity index (χ4v) is 4.19. The molecule has 2 fully saturated rings. The van der Waals surface area contributed by atoms with E-state index in [4.69, 9.17) is 0 Å². The largest absolute Gasteiger partial charge is 0.335 e. The number of carbonyl (C=O) groups is 1. The van der Waals surface area contributed by atoms with Gasteiger partial charge in [0.15, 0.2) is 0 Å². The number of hydrogen-bond acceptors (Lipinski definition) is 4. The summed E-state index contributed by atoms with van der Waals surface area (Å²) in [7, 11) is 0. The van der Waals surface area contributed by atoms with Crippen molar-refractivity contribution < 1.29 is 4.79 Å². The predicted molar refractivity (Wildman–Crippen MR) is 87.0 cm³/mol. The van der Waals surface area contributed by atoms with Crippen LogP contribution in [0.5, 0.6) is 0 Å². The van der Waals surface area contributed by atoms with E-state index in [1.54, 1.807) is 11.3 Å². The molecule has 0 saturated carbocycles. The van der Waals surface area contributed by atoms with Crippen LogP contribution in [0.3, 0.4) is 0 Å². The number of piperazine rings is 1. The van der Waals surface area contributed by atoms with E-state index in [1.165, 1.54) is 11.3 Å². The van der Waals surface area contributed by atoms with E-state index in [2.05, 4.69) is 24.1 Å². The minimum Gasteiger partial charge on any atom is -0.335 e.